The number of hydrogen-bond donors (Lipinski definition) is 1. The van der Waals surface area contributed by atoms with E-state index >= 15 is 0 Å². The smallest absolute Gasteiger partial charge is 0.00783 e. The van der Waals surface area contributed by atoms with Crippen molar-refractivity contribution in [2.24, 2.45) is 0 Å². The highest BCUT2D eigenvalue weighted by Crippen LogP contribution is 2.35. The van der Waals surface area contributed by atoms with Gasteiger partial charge in [0.15, 0.2) is 0 Å². The van der Waals surface area contributed by atoms with Crippen LogP contribution in [0.5, 0.6) is 0 Å². The van der Waals surface area contributed by atoms with Crippen LogP contribution in [-0.4, -0.2) is 0 Å². The highest BCUT2D eigenvalue weighted by Gasteiger charge is 2.16. The quantitative estimate of drug-likeness (QED) is 0.608. The molecule has 0 bridgehead atoms. The van der Waals surface area contributed by atoms with Gasteiger partial charge in [0.25, 0.3) is 0 Å². The minimum atomic E-state index is 1.02. The van der Waals surface area contributed by atoms with Crippen molar-refractivity contribution in [1.29, 1.82) is 0 Å². The Bertz CT molecular complexity index is 388. The average Bonchev–Trinajstić information content (AvgIpc) is 2.27. The number of allylic oxidation sites excluding steroid dienone is 2. The van der Waals surface area contributed by atoms with Crippen molar-refractivity contribution in [2.45, 2.75) is 31.6 Å². The zero-order valence-electron chi connectivity index (χ0n) is 9.51. The summed E-state index contributed by atoms with van der Waals surface area (Å²) in [6, 6.07) is 6.15. The van der Waals surface area contributed by atoms with Gasteiger partial charge in [-0.15, -0.1) is 12.6 Å². The Balaban J connectivity index is 0.000000531. The largest absolute Gasteiger partial charge is 0.143 e. The van der Waals surface area contributed by atoms with Crippen LogP contribution in [0.3, 0.4) is 0 Å². The van der Waals surface area contributed by atoms with Gasteiger partial charge < -0.3 is 0 Å². The molecule has 0 atom stereocenters. The Morgan fingerprint density at radius 2 is 1.80 bits per heavy atom. The second-order valence-electron chi connectivity index (χ2n) is 3.39. The molecule has 1 aliphatic carbocycles. The Hall–Kier alpha value is -0.950. The summed E-state index contributed by atoms with van der Waals surface area (Å²) >= 11 is 4.43. The fourth-order valence-electron chi connectivity index (χ4n) is 1.74. The molecule has 0 heterocycles. The third-order valence-electron chi connectivity index (χ3n) is 2.58. The Morgan fingerprint density at radius 1 is 1.13 bits per heavy atom. The molecule has 0 spiro atoms. The van der Waals surface area contributed by atoms with Crippen LogP contribution < -0.4 is 0 Å². The van der Waals surface area contributed by atoms with Crippen LogP contribution in [0, 0.1) is 0 Å². The zero-order chi connectivity index (χ0) is 11.4. The maximum Gasteiger partial charge on any atom is 0.00783 e. The molecule has 15 heavy (non-hydrogen) atoms. The minimum Gasteiger partial charge on any atom is -0.143 e. The molecule has 2 rings (SSSR count). The van der Waals surface area contributed by atoms with Crippen molar-refractivity contribution in [3.8, 4) is 0 Å². The van der Waals surface area contributed by atoms with E-state index in [1.54, 1.807) is 0 Å². The van der Waals surface area contributed by atoms with Crippen LogP contribution >= 0.6 is 12.6 Å². The first-order valence-electron chi connectivity index (χ1n) is 5.38. The van der Waals surface area contributed by atoms with Crippen molar-refractivity contribution in [2.75, 3.05) is 0 Å². The number of hydrogen-bond acceptors (Lipinski definition) is 1. The molecule has 1 aromatic carbocycles. The lowest BCUT2D eigenvalue weighted by atomic mass is 9.85. The second-order valence-corrected chi connectivity index (χ2v) is 3.87. The lowest BCUT2D eigenvalue weighted by Gasteiger charge is -2.21. The summed E-state index contributed by atoms with van der Waals surface area (Å²) in [6.07, 6.45) is 2.07. The summed E-state index contributed by atoms with van der Waals surface area (Å²) in [5.41, 5.74) is 4.79. The lowest BCUT2D eigenvalue weighted by molar-refractivity contribution is 0.918. The van der Waals surface area contributed by atoms with Crippen LogP contribution in [0.15, 0.2) is 41.8 Å². The van der Waals surface area contributed by atoms with Gasteiger partial charge in [-0.2, -0.15) is 0 Å². The molecular weight excluding hydrogens is 200 g/mol. The first kappa shape index (κ1) is 12.1. The number of fused-ring (bicyclic) bond motifs is 1. The SMILES string of the molecule is C=C1CCc2c(S)cccc2C1=C.CC. The molecule has 0 aliphatic heterocycles. The van der Waals surface area contributed by atoms with E-state index in [0.29, 0.717) is 0 Å². The maximum atomic E-state index is 4.43. The van der Waals surface area contributed by atoms with E-state index in [2.05, 4.69) is 31.9 Å². The third-order valence-corrected chi connectivity index (χ3v) is 3.00. The van der Waals surface area contributed by atoms with E-state index in [9.17, 15) is 0 Å². The molecule has 1 aliphatic rings. The highest BCUT2D eigenvalue weighted by atomic mass is 32.1. The number of thiol groups is 1. The topological polar surface area (TPSA) is 0 Å². The first-order valence-corrected chi connectivity index (χ1v) is 5.83. The molecular formula is C14H18S. The van der Waals surface area contributed by atoms with Crippen molar-refractivity contribution in [3.05, 3.63) is 48.1 Å². The van der Waals surface area contributed by atoms with E-state index in [-0.39, 0.29) is 0 Å². The van der Waals surface area contributed by atoms with E-state index < -0.39 is 0 Å². The van der Waals surface area contributed by atoms with Crippen LogP contribution in [0.2, 0.25) is 0 Å². The van der Waals surface area contributed by atoms with E-state index in [1.807, 2.05) is 26.0 Å². The van der Waals surface area contributed by atoms with Gasteiger partial charge in [0.05, 0.1) is 0 Å². The summed E-state index contributed by atoms with van der Waals surface area (Å²) in [5.74, 6) is 0. The van der Waals surface area contributed by atoms with Crippen LogP contribution in [0.1, 0.15) is 31.4 Å². The summed E-state index contributed by atoms with van der Waals surface area (Å²) in [5, 5.41) is 0. The second kappa shape index (κ2) is 5.22. The molecule has 1 aromatic rings. The molecule has 80 valence electrons. The van der Waals surface area contributed by atoms with Gasteiger partial charge in [0.1, 0.15) is 0 Å². The molecule has 0 N–H and O–H groups in total. The molecule has 0 saturated heterocycles. The minimum absolute atomic E-state index is 1.02. The van der Waals surface area contributed by atoms with E-state index in [0.717, 1.165) is 28.9 Å². The monoisotopic (exact) mass is 218 g/mol. The Morgan fingerprint density at radius 3 is 2.47 bits per heavy atom. The van der Waals surface area contributed by atoms with E-state index in [4.69, 9.17) is 0 Å². The fourth-order valence-corrected chi connectivity index (χ4v) is 2.06. The fraction of sp³-hybridized carbons (Fsp3) is 0.286. The third kappa shape index (κ3) is 2.35. The van der Waals surface area contributed by atoms with Gasteiger partial charge in [0, 0.05) is 4.90 Å². The van der Waals surface area contributed by atoms with Crippen molar-refractivity contribution in [1.82, 2.24) is 0 Å². The van der Waals surface area contributed by atoms with Crippen molar-refractivity contribution < 1.29 is 0 Å². The molecule has 0 amide bonds. The normalized spacial score (nSPS) is 14.1. The van der Waals surface area contributed by atoms with Crippen molar-refractivity contribution >= 4 is 18.2 Å². The van der Waals surface area contributed by atoms with Gasteiger partial charge >= 0.3 is 0 Å². The predicted octanol–water partition coefficient (Wildman–Crippen LogP) is 4.52. The van der Waals surface area contributed by atoms with Gasteiger partial charge in [-0.25, -0.2) is 0 Å². The maximum absolute atomic E-state index is 4.43. The van der Waals surface area contributed by atoms with Gasteiger partial charge in [0.2, 0.25) is 0 Å². The summed E-state index contributed by atoms with van der Waals surface area (Å²) in [6.45, 7) is 12.0. The molecule has 0 unspecified atom stereocenters. The lowest BCUT2D eigenvalue weighted by Crippen LogP contribution is -2.03. The first-order chi connectivity index (χ1) is 7.20. The summed E-state index contributed by atoms with van der Waals surface area (Å²) in [7, 11) is 0. The molecule has 0 nitrogen and oxygen atoms in total. The van der Waals surface area contributed by atoms with Gasteiger partial charge in [-0.05, 0) is 41.2 Å². The molecule has 0 aromatic heterocycles. The van der Waals surface area contributed by atoms with Gasteiger partial charge in [-0.3, -0.25) is 0 Å². The molecule has 0 saturated carbocycles. The van der Waals surface area contributed by atoms with Crippen LogP contribution in [-0.2, 0) is 6.42 Å². The zero-order valence-corrected chi connectivity index (χ0v) is 10.4. The average molecular weight is 218 g/mol. The molecule has 0 fully saturated rings. The molecule has 1 heteroatoms. The Labute approximate surface area is 98.1 Å². The Kier molecular flexibility index (Phi) is 4.22. The standard InChI is InChI=1S/C12H12S.C2H6/c1-8-6-7-11-10(9(8)2)4-3-5-12(11)13;1-2/h3-5,13H,1-2,6-7H2;1-2H3. The summed E-state index contributed by atoms with van der Waals surface area (Å²) in [4.78, 5) is 1.08. The highest BCUT2D eigenvalue weighted by molar-refractivity contribution is 7.80. The van der Waals surface area contributed by atoms with Crippen molar-refractivity contribution in [3.63, 3.8) is 0 Å². The summed E-state index contributed by atoms with van der Waals surface area (Å²) < 4.78 is 0. The van der Waals surface area contributed by atoms with Crippen LogP contribution in [0.25, 0.3) is 5.57 Å². The van der Waals surface area contributed by atoms with E-state index in [1.165, 1.54) is 11.1 Å². The number of rotatable bonds is 0. The number of benzene rings is 1. The van der Waals surface area contributed by atoms with Gasteiger partial charge in [-0.1, -0.05) is 39.1 Å². The van der Waals surface area contributed by atoms with Crippen LogP contribution in [0.4, 0.5) is 0 Å². The predicted molar refractivity (Wildman–Crippen MR) is 71.5 cm³/mol. The molecule has 0 radical (unpaired) electrons.